The van der Waals surface area contributed by atoms with E-state index in [0.717, 1.165) is 38.5 Å². The Hall–Kier alpha value is -5.44. The molecule has 1 spiro atoms. The molecule has 8 heterocycles. The van der Waals surface area contributed by atoms with Crippen molar-refractivity contribution >= 4 is 51.8 Å². The molecule has 1 aliphatic carbocycles. The maximum atomic E-state index is 15.1. The van der Waals surface area contributed by atoms with Gasteiger partial charge in [0.15, 0.2) is 0 Å². The quantitative estimate of drug-likeness (QED) is 0.133. The van der Waals surface area contributed by atoms with Crippen LogP contribution in [-0.4, -0.2) is 166 Å². The first-order valence-corrected chi connectivity index (χ1v) is 27.7. The number of thiazole rings is 1. The number of ether oxygens (including phenoxy) is 1. The molecule has 6 atom stereocenters. The number of alkyl halides is 3. The molecule has 1 unspecified atom stereocenters. The molecule has 2 N–H and O–H groups in total. The molecule has 20 heteroatoms. The minimum atomic E-state index is -4.55. The normalized spacial score (nSPS) is 26.0. The number of esters is 1. The molecule has 5 aliphatic heterocycles. The van der Waals surface area contributed by atoms with Crippen LogP contribution in [0.4, 0.5) is 13.2 Å². The van der Waals surface area contributed by atoms with Crippen molar-refractivity contribution in [3.05, 3.63) is 58.2 Å². The Morgan fingerprint density at radius 1 is 1.01 bits per heavy atom. The summed E-state index contributed by atoms with van der Waals surface area (Å²) in [4.78, 5) is 87.5. The number of fused-ring (bicyclic) bond motifs is 6. The Kier molecular flexibility index (Phi) is 14.7. The van der Waals surface area contributed by atoms with E-state index in [0.29, 0.717) is 102 Å². The van der Waals surface area contributed by atoms with Gasteiger partial charge in [0.1, 0.15) is 24.7 Å². The van der Waals surface area contributed by atoms with Crippen LogP contribution in [0.5, 0.6) is 0 Å². The summed E-state index contributed by atoms with van der Waals surface area (Å²) >= 11 is 1.35. The van der Waals surface area contributed by atoms with Gasteiger partial charge in [0.25, 0.3) is 5.91 Å². The summed E-state index contributed by atoms with van der Waals surface area (Å²) in [6, 6.07) is 6.27. The number of nitrogens with zero attached hydrogens (tertiary/aromatic N) is 8. The molecule has 16 nitrogen and oxygen atoms in total. The minimum absolute atomic E-state index is 0.0329. The fourth-order valence-electron chi connectivity index (χ4n) is 12.6. The lowest BCUT2D eigenvalue weighted by Crippen LogP contribution is -2.62. The monoisotopic (exact) mass is 1060 g/mol. The summed E-state index contributed by atoms with van der Waals surface area (Å²) < 4.78 is 51.5. The van der Waals surface area contributed by atoms with Gasteiger partial charge < -0.3 is 24.4 Å². The van der Waals surface area contributed by atoms with Crippen LogP contribution < -0.4 is 10.7 Å². The van der Waals surface area contributed by atoms with Crippen molar-refractivity contribution in [2.45, 2.75) is 135 Å². The zero-order valence-corrected chi connectivity index (χ0v) is 44.8. The molecule has 4 amide bonds. The number of aromatic nitrogens is 3. The number of likely N-dealkylation sites (tertiary alicyclic amines) is 2. The second-order valence-electron chi connectivity index (χ2n) is 23.5. The van der Waals surface area contributed by atoms with Crippen molar-refractivity contribution in [1.82, 2.24) is 49.9 Å². The SMILES string of the molecule is CC(C)c1ncccc1-c1c2c3cc(ccc3n1CC(F)(F)F)-c1csc(n1)C[C@H](NC(=O)[C@H](C1CCCC1)N1CC[C@]3(CCN(C(=O)[C@H]4CN4CC(=O)N(C)C)C3)C1)C(=O)N1CCC[C@H](N1)C(=O)OCC(C)(C)C2. The topological polar surface area (TPSA) is 165 Å². The Balaban J connectivity index is 0.961. The Labute approximate surface area is 440 Å². The molecule has 1 aromatic carbocycles. The Bertz CT molecular complexity index is 2840. The summed E-state index contributed by atoms with van der Waals surface area (Å²) in [7, 11) is 3.43. The van der Waals surface area contributed by atoms with Crippen LogP contribution in [-0.2, 0) is 48.1 Å². The summed E-state index contributed by atoms with van der Waals surface area (Å²) in [5, 5.41) is 7.76. The molecule has 404 valence electrons. The van der Waals surface area contributed by atoms with Crippen LogP contribution in [0, 0.1) is 16.7 Å². The molecular weight excluding hydrogens is 986 g/mol. The molecule has 5 fully saturated rings. The van der Waals surface area contributed by atoms with Crippen LogP contribution in [0.3, 0.4) is 0 Å². The van der Waals surface area contributed by atoms with Gasteiger partial charge in [-0.3, -0.25) is 43.8 Å². The van der Waals surface area contributed by atoms with Crippen molar-refractivity contribution in [2.24, 2.45) is 16.7 Å². The van der Waals surface area contributed by atoms with Crippen LogP contribution in [0.1, 0.15) is 101 Å². The molecule has 0 radical (unpaired) electrons. The number of likely N-dealkylation sites (N-methyl/N-ethyl adjacent to an activating group) is 1. The first-order chi connectivity index (χ1) is 35.7. The number of hydrazine groups is 1. The summed E-state index contributed by atoms with van der Waals surface area (Å²) in [5.41, 5.74) is 6.27. The number of cyclic esters (lactones) is 1. The molecule has 6 bridgehead atoms. The summed E-state index contributed by atoms with van der Waals surface area (Å²) in [6.07, 6.45) is 3.77. The van der Waals surface area contributed by atoms with Gasteiger partial charge >= 0.3 is 12.1 Å². The van der Waals surface area contributed by atoms with E-state index in [2.05, 4.69) is 20.6 Å². The molecule has 4 saturated heterocycles. The standard InChI is InChI=1S/C55H71F3N10O6S/c1-33(2)46-36(13-9-19-59-46)48-38-25-53(3,4)32-74-52(73)39-14-10-20-68(62-39)50(71)40(24-44-60-41(28-75-44)35-15-16-42(37(38)23-35)67(48)31-55(56,57)58)61-49(70)47(34-11-7-8-12-34)64-21-17-54(29-64)18-22-65(30-54)51(72)43-26-66(43)27-45(69)63(5)6/h9,13,15-16,19,23,28,33-34,39-40,43,47,62H,7-8,10-12,14,17-18,20-22,24-27,29-32H2,1-6H3,(H,61,70)/t39-,40-,43+,47-,54-,66?/m0/s1. The molecule has 6 aliphatic rings. The molecule has 1 saturated carbocycles. The molecule has 4 aromatic rings. The van der Waals surface area contributed by atoms with Crippen molar-refractivity contribution in [3.63, 3.8) is 0 Å². The Morgan fingerprint density at radius 2 is 1.79 bits per heavy atom. The third-order valence-electron chi connectivity index (χ3n) is 16.5. The second kappa shape index (κ2) is 20.8. The first-order valence-electron chi connectivity index (χ1n) is 26.8. The van der Waals surface area contributed by atoms with Gasteiger partial charge in [0.05, 0.1) is 41.3 Å². The largest absolute Gasteiger partial charge is 0.464 e. The summed E-state index contributed by atoms with van der Waals surface area (Å²) in [6.45, 7) is 10.2. The number of halogens is 3. The van der Waals surface area contributed by atoms with E-state index in [9.17, 15) is 32.3 Å². The van der Waals surface area contributed by atoms with Crippen molar-refractivity contribution in [2.75, 3.05) is 66.5 Å². The number of nitrogens with one attached hydrogen (secondary N) is 2. The number of pyridine rings is 1. The zero-order chi connectivity index (χ0) is 53.1. The van der Waals surface area contributed by atoms with Crippen LogP contribution in [0.2, 0.25) is 0 Å². The van der Waals surface area contributed by atoms with Crippen LogP contribution in [0.15, 0.2) is 41.9 Å². The van der Waals surface area contributed by atoms with Gasteiger partial charge in [-0.15, -0.1) is 11.3 Å². The number of hydrogen-bond acceptors (Lipinski definition) is 12. The van der Waals surface area contributed by atoms with Gasteiger partial charge in [-0.1, -0.05) is 46.6 Å². The van der Waals surface area contributed by atoms with E-state index in [-0.39, 0.29) is 67.0 Å². The smallest absolute Gasteiger partial charge is 0.406 e. The van der Waals surface area contributed by atoms with Gasteiger partial charge in [0, 0.05) is 97.7 Å². The number of carbonyl (C=O) groups is 5. The zero-order valence-electron chi connectivity index (χ0n) is 44.0. The van der Waals surface area contributed by atoms with Crippen LogP contribution in [0.25, 0.3) is 33.4 Å². The van der Waals surface area contributed by atoms with Crippen LogP contribution >= 0.6 is 11.3 Å². The highest BCUT2D eigenvalue weighted by Crippen LogP contribution is 2.45. The molecular formula is C55H71F3N10O6S. The highest BCUT2D eigenvalue weighted by Gasteiger charge is 2.52. The lowest BCUT2D eigenvalue weighted by atomic mass is 9.84. The maximum Gasteiger partial charge on any atom is 0.406 e. The van der Waals surface area contributed by atoms with Gasteiger partial charge in [-0.25, -0.2) is 10.4 Å². The maximum absolute atomic E-state index is 15.1. The van der Waals surface area contributed by atoms with Crippen molar-refractivity contribution < 1.29 is 41.9 Å². The number of amides is 4. The predicted molar refractivity (Wildman–Crippen MR) is 278 cm³/mol. The average Bonchev–Trinajstić information content (AvgIpc) is 3.98. The lowest BCUT2D eigenvalue weighted by molar-refractivity contribution is -0.155. The van der Waals surface area contributed by atoms with E-state index in [1.165, 1.54) is 25.8 Å². The minimum Gasteiger partial charge on any atom is -0.464 e. The fraction of sp³-hybridized carbons (Fsp3) is 0.618. The summed E-state index contributed by atoms with van der Waals surface area (Å²) in [5.74, 6) is -1.17. The third-order valence-corrected chi connectivity index (χ3v) is 17.4. The van der Waals surface area contributed by atoms with E-state index in [4.69, 9.17) is 9.72 Å². The van der Waals surface area contributed by atoms with E-state index >= 15 is 4.79 Å². The van der Waals surface area contributed by atoms with E-state index in [1.54, 1.807) is 38.5 Å². The lowest BCUT2D eigenvalue weighted by Gasteiger charge is -2.37. The average molecular weight is 1060 g/mol. The number of carbonyl (C=O) groups excluding carboxylic acids is 5. The van der Waals surface area contributed by atoms with Gasteiger partial charge in [0.2, 0.25) is 17.7 Å². The Morgan fingerprint density at radius 3 is 2.53 bits per heavy atom. The van der Waals surface area contributed by atoms with E-state index < -0.39 is 48.1 Å². The van der Waals surface area contributed by atoms with Crippen molar-refractivity contribution in [1.29, 1.82) is 0 Å². The molecule has 10 rings (SSSR count). The molecule has 3 aromatic heterocycles. The van der Waals surface area contributed by atoms with Gasteiger partial charge in [-0.2, -0.15) is 13.2 Å². The number of rotatable bonds is 10. The van der Waals surface area contributed by atoms with Gasteiger partial charge in [-0.05, 0) is 93.2 Å². The first kappa shape index (κ1) is 53.0. The van der Waals surface area contributed by atoms with Crippen molar-refractivity contribution in [3.8, 4) is 22.5 Å². The number of benzene rings is 1. The highest BCUT2D eigenvalue weighted by atomic mass is 32.1. The number of hydrogen-bond donors (Lipinski definition) is 2. The predicted octanol–water partition coefficient (Wildman–Crippen LogP) is 6.42. The molecule has 75 heavy (non-hydrogen) atoms. The second-order valence-corrected chi connectivity index (χ2v) is 24.4. The third kappa shape index (κ3) is 11.2. The van der Waals surface area contributed by atoms with E-state index in [1.807, 2.05) is 55.0 Å². The highest BCUT2D eigenvalue weighted by molar-refractivity contribution is 7.10. The fourth-order valence-corrected chi connectivity index (χ4v) is 13.4.